The summed E-state index contributed by atoms with van der Waals surface area (Å²) in [4.78, 5) is 11.0. The van der Waals surface area contributed by atoms with Crippen LogP contribution in [0.15, 0.2) is 24.3 Å². The molecular formula is C11H16ClFN2O2. The van der Waals surface area contributed by atoms with Gasteiger partial charge in [0.1, 0.15) is 5.82 Å². The summed E-state index contributed by atoms with van der Waals surface area (Å²) < 4.78 is 17.9. The molecular weight excluding hydrogens is 247 g/mol. The summed E-state index contributed by atoms with van der Waals surface area (Å²) in [5.74, 6) is -0.547. The van der Waals surface area contributed by atoms with Crippen LogP contribution in [-0.4, -0.2) is 26.1 Å². The number of nitrogens with two attached hydrogens (primary N) is 1. The lowest BCUT2D eigenvalue weighted by molar-refractivity contribution is -0.120. The number of rotatable bonds is 5. The van der Waals surface area contributed by atoms with E-state index in [1.807, 2.05) is 0 Å². The molecule has 0 spiro atoms. The number of carbonyl (C=O) groups excluding carboxylic acids is 1. The molecule has 17 heavy (non-hydrogen) atoms. The molecule has 1 unspecified atom stereocenters. The van der Waals surface area contributed by atoms with E-state index in [1.165, 1.54) is 19.2 Å². The molecule has 96 valence electrons. The van der Waals surface area contributed by atoms with E-state index in [2.05, 4.69) is 5.32 Å². The van der Waals surface area contributed by atoms with Crippen LogP contribution in [0.1, 0.15) is 11.7 Å². The fourth-order valence-electron chi connectivity index (χ4n) is 1.29. The van der Waals surface area contributed by atoms with Crippen molar-refractivity contribution in [3.05, 3.63) is 35.6 Å². The highest BCUT2D eigenvalue weighted by atomic mass is 35.5. The number of amides is 1. The summed E-state index contributed by atoms with van der Waals surface area (Å²) >= 11 is 0. The van der Waals surface area contributed by atoms with Crippen LogP contribution < -0.4 is 11.1 Å². The minimum atomic E-state index is -0.301. The maximum Gasteiger partial charge on any atom is 0.233 e. The largest absolute Gasteiger partial charge is 0.375 e. The van der Waals surface area contributed by atoms with Gasteiger partial charge in [-0.25, -0.2) is 4.39 Å². The quantitative estimate of drug-likeness (QED) is 0.832. The molecule has 0 fully saturated rings. The number of nitrogens with one attached hydrogen (secondary N) is 1. The zero-order valence-electron chi connectivity index (χ0n) is 9.48. The minimum absolute atomic E-state index is 0. The van der Waals surface area contributed by atoms with Gasteiger partial charge in [0.05, 0.1) is 12.6 Å². The third-order valence-electron chi connectivity index (χ3n) is 2.20. The zero-order valence-corrected chi connectivity index (χ0v) is 10.3. The molecule has 1 atom stereocenters. The summed E-state index contributed by atoms with van der Waals surface area (Å²) in [6, 6.07) is 5.95. The smallest absolute Gasteiger partial charge is 0.233 e. The normalized spacial score (nSPS) is 11.5. The van der Waals surface area contributed by atoms with Crippen molar-refractivity contribution in [1.29, 1.82) is 0 Å². The van der Waals surface area contributed by atoms with E-state index in [9.17, 15) is 9.18 Å². The van der Waals surface area contributed by atoms with E-state index in [0.29, 0.717) is 6.54 Å². The molecule has 0 saturated heterocycles. The second kappa shape index (κ2) is 8.00. The first-order chi connectivity index (χ1) is 7.67. The molecule has 1 aromatic carbocycles. The average molecular weight is 263 g/mol. The van der Waals surface area contributed by atoms with Crippen molar-refractivity contribution >= 4 is 18.3 Å². The van der Waals surface area contributed by atoms with Crippen molar-refractivity contribution in [3.63, 3.8) is 0 Å². The Hall–Kier alpha value is -1.17. The van der Waals surface area contributed by atoms with E-state index in [0.717, 1.165) is 5.56 Å². The van der Waals surface area contributed by atoms with E-state index < -0.39 is 0 Å². The molecule has 6 heteroatoms. The molecule has 0 aliphatic rings. The first kappa shape index (κ1) is 15.8. The Morgan fingerprint density at radius 1 is 1.47 bits per heavy atom. The van der Waals surface area contributed by atoms with Gasteiger partial charge < -0.3 is 15.8 Å². The lowest BCUT2D eigenvalue weighted by atomic mass is 10.1. The summed E-state index contributed by atoms with van der Waals surface area (Å²) in [6.45, 7) is 0.262. The topological polar surface area (TPSA) is 64.3 Å². The summed E-state index contributed by atoms with van der Waals surface area (Å²) in [6.07, 6.45) is -0.295. The van der Waals surface area contributed by atoms with E-state index in [1.54, 1.807) is 12.1 Å². The second-order valence-electron chi connectivity index (χ2n) is 3.28. The van der Waals surface area contributed by atoms with Gasteiger partial charge >= 0.3 is 0 Å². The van der Waals surface area contributed by atoms with Crippen LogP contribution in [0.5, 0.6) is 0 Å². The molecule has 3 N–H and O–H groups in total. The van der Waals surface area contributed by atoms with E-state index in [-0.39, 0.29) is 36.8 Å². The van der Waals surface area contributed by atoms with Crippen LogP contribution in [0.3, 0.4) is 0 Å². The van der Waals surface area contributed by atoms with Gasteiger partial charge in [0, 0.05) is 13.7 Å². The molecule has 1 aromatic rings. The molecule has 0 saturated carbocycles. The van der Waals surface area contributed by atoms with Gasteiger partial charge in [-0.2, -0.15) is 0 Å². The lowest BCUT2D eigenvalue weighted by Crippen LogP contribution is -2.33. The van der Waals surface area contributed by atoms with Crippen molar-refractivity contribution in [2.24, 2.45) is 5.73 Å². The van der Waals surface area contributed by atoms with Crippen molar-refractivity contribution in [3.8, 4) is 0 Å². The van der Waals surface area contributed by atoms with Crippen LogP contribution >= 0.6 is 12.4 Å². The fourth-order valence-corrected chi connectivity index (χ4v) is 1.29. The van der Waals surface area contributed by atoms with Gasteiger partial charge in [0.2, 0.25) is 5.91 Å². The second-order valence-corrected chi connectivity index (χ2v) is 3.28. The zero-order chi connectivity index (χ0) is 12.0. The van der Waals surface area contributed by atoms with Crippen molar-refractivity contribution in [2.75, 3.05) is 20.2 Å². The molecule has 1 amide bonds. The highest BCUT2D eigenvalue weighted by Gasteiger charge is 2.11. The Labute approximate surface area is 106 Å². The predicted molar refractivity (Wildman–Crippen MR) is 65.5 cm³/mol. The van der Waals surface area contributed by atoms with E-state index >= 15 is 0 Å². The number of halogens is 2. The molecule has 1 rings (SSSR count). The molecule has 0 bridgehead atoms. The molecule has 0 heterocycles. The first-order valence-corrected chi connectivity index (χ1v) is 4.92. The number of methoxy groups -OCH3 is 1. The van der Waals surface area contributed by atoms with E-state index in [4.69, 9.17) is 10.5 Å². The van der Waals surface area contributed by atoms with Gasteiger partial charge in [-0.3, -0.25) is 4.79 Å². The Bertz CT molecular complexity index is 346. The molecule has 0 aliphatic carbocycles. The Morgan fingerprint density at radius 3 is 2.53 bits per heavy atom. The lowest BCUT2D eigenvalue weighted by Gasteiger charge is -2.16. The van der Waals surface area contributed by atoms with Gasteiger partial charge in [-0.15, -0.1) is 12.4 Å². The number of carbonyl (C=O) groups is 1. The maximum absolute atomic E-state index is 12.7. The van der Waals surface area contributed by atoms with Gasteiger partial charge in [0.25, 0.3) is 0 Å². The van der Waals surface area contributed by atoms with Gasteiger partial charge in [-0.05, 0) is 17.7 Å². The minimum Gasteiger partial charge on any atom is -0.375 e. The third-order valence-corrected chi connectivity index (χ3v) is 2.20. The molecule has 0 aromatic heterocycles. The Kier molecular flexibility index (Phi) is 7.45. The van der Waals surface area contributed by atoms with Crippen molar-refractivity contribution in [2.45, 2.75) is 6.10 Å². The van der Waals surface area contributed by atoms with Crippen LogP contribution in [0.25, 0.3) is 0 Å². The van der Waals surface area contributed by atoms with Crippen LogP contribution in [0.4, 0.5) is 4.39 Å². The standard InChI is InChI=1S/C11H15FN2O2.ClH/c1-16-10(7-14-11(15)6-13)8-2-4-9(12)5-3-8;/h2-5,10H,6-7,13H2,1H3,(H,14,15);1H. The van der Waals surface area contributed by atoms with Gasteiger partial charge in [-0.1, -0.05) is 12.1 Å². The monoisotopic (exact) mass is 262 g/mol. The molecule has 0 aliphatic heterocycles. The summed E-state index contributed by atoms with van der Waals surface area (Å²) in [5, 5.41) is 2.61. The number of benzene rings is 1. The maximum atomic E-state index is 12.7. The SMILES string of the molecule is COC(CNC(=O)CN)c1ccc(F)cc1.Cl. The van der Waals surface area contributed by atoms with Crippen LogP contribution in [0, 0.1) is 5.82 Å². The van der Waals surface area contributed by atoms with Gasteiger partial charge in [0.15, 0.2) is 0 Å². The number of ether oxygens (including phenoxy) is 1. The van der Waals surface area contributed by atoms with Crippen LogP contribution in [-0.2, 0) is 9.53 Å². The first-order valence-electron chi connectivity index (χ1n) is 4.92. The predicted octanol–water partition coefficient (Wildman–Crippen LogP) is 1.01. The summed E-state index contributed by atoms with van der Waals surface area (Å²) in [7, 11) is 1.53. The fraction of sp³-hybridized carbons (Fsp3) is 0.364. The average Bonchev–Trinajstić information content (AvgIpc) is 2.31. The Balaban J connectivity index is 0.00000256. The highest BCUT2D eigenvalue weighted by molar-refractivity contribution is 5.85. The summed E-state index contributed by atoms with van der Waals surface area (Å²) in [5.41, 5.74) is 5.96. The number of hydrogen-bond donors (Lipinski definition) is 2. The van der Waals surface area contributed by atoms with Crippen LogP contribution in [0.2, 0.25) is 0 Å². The third kappa shape index (κ3) is 5.12. The molecule has 4 nitrogen and oxygen atoms in total. The van der Waals surface area contributed by atoms with Crippen molar-refractivity contribution in [1.82, 2.24) is 5.32 Å². The molecule has 0 radical (unpaired) electrons. The van der Waals surface area contributed by atoms with Crippen molar-refractivity contribution < 1.29 is 13.9 Å². The Morgan fingerprint density at radius 2 is 2.06 bits per heavy atom. The highest BCUT2D eigenvalue weighted by Crippen LogP contribution is 2.15. The number of hydrogen-bond acceptors (Lipinski definition) is 3.